The lowest BCUT2D eigenvalue weighted by Crippen LogP contribution is -2.09. The quantitative estimate of drug-likeness (QED) is 0.383. The maximum absolute atomic E-state index is 12.6. The molecule has 3 rings (SSSR count). The number of carboxylic acids is 1. The minimum Gasteiger partial charge on any atom is -0.481 e. The third kappa shape index (κ3) is 3.93. The molecule has 0 saturated heterocycles. The summed E-state index contributed by atoms with van der Waals surface area (Å²) in [5.74, 6) is -0.204. The fraction of sp³-hybridized carbons (Fsp3) is 0.278. The van der Waals surface area contributed by atoms with E-state index in [0.717, 1.165) is 11.1 Å². The molecule has 2 N–H and O–H groups in total. The molecule has 130 valence electrons. The maximum Gasteiger partial charge on any atom is 0.303 e. The molecular formula is C18H18N2O3S2. The summed E-state index contributed by atoms with van der Waals surface area (Å²) in [4.78, 5) is 31.1. The molecule has 25 heavy (non-hydrogen) atoms. The Kier molecular flexibility index (Phi) is 5.24. The van der Waals surface area contributed by atoms with Crippen molar-refractivity contribution in [2.75, 3.05) is 5.75 Å². The van der Waals surface area contributed by atoms with Gasteiger partial charge in [-0.3, -0.25) is 9.59 Å². The zero-order chi connectivity index (χ0) is 18.0. The molecular weight excluding hydrogens is 356 g/mol. The molecule has 2 heterocycles. The van der Waals surface area contributed by atoms with Crippen molar-refractivity contribution in [3.8, 4) is 11.1 Å². The number of H-pyrrole nitrogens is 1. The molecule has 0 unspecified atom stereocenters. The fourth-order valence-corrected chi connectivity index (χ4v) is 4.32. The van der Waals surface area contributed by atoms with Gasteiger partial charge in [-0.2, -0.15) is 0 Å². The highest BCUT2D eigenvalue weighted by Crippen LogP contribution is 2.32. The molecule has 0 saturated carbocycles. The molecule has 0 fully saturated rings. The molecule has 0 amide bonds. The molecule has 7 heteroatoms. The standard InChI is InChI=1S/C18H18N2O3S2/c1-10-5-6-12(8-11(10)2)13-9-25-17-15(13)16(23)19-18(20-17)24-7-3-4-14(21)22/h5-6,8-9H,3-4,7H2,1-2H3,(H,21,22)(H,19,20,23). The van der Waals surface area contributed by atoms with Gasteiger partial charge in [0.25, 0.3) is 5.56 Å². The number of hydrogen-bond acceptors (Lipinski definition) is 5. The molecule has 0 aliphatic heterocycles. The van der Waals surface area contributed by atoms with E-state index in [1.807, 2.05) is 11.4 Å². The van der Waals surface area contributed by atoms with E-state index < -0.39 is 5.97 Å². The Labute approximate surface area is 153 Å². The summed E-state index contributed by atoms with van der Waals surface area (Å²) in [7, 11) is 0. The smallest absolute Gasteiger partial charge is 0.303 e. The Morgan fingerprint density at radius 2 is 2.12 bits per heavy atom. The number of nitrogens with zero attached hydrogens (tertiary/aromatic N) is 1. The predicted octanol–water partition coefficient (Wildman–Crippen LogP) is 4.23. The van der Waals surface area contributed by atoms with Crippen molar-refractivity contribution in [3.63, 3.8) is 0 Å². The summed E-state index contributed by atoms with van der Waals surface area (Å²) in [5, 5.41) is 11.8. The van der Waals surface area contributed by atoms with Gasteiger partial charge in [-0.05, 0) is 37.0 Å². The summed E-state index contributed by atoms with van der Waals surface area (Å²) in [6.45, 7) is 4.12. The van der Waals surface area contributed by atoms with Crippen LogP contribution in [0.4, 0.5) is 0 Å². The van der Waals surface area contributed by atoms with Crippen LogP contribution >= 0.6 is 23.1 Å². The van der Waals surface area contributed by atoms with Gasteiger partial charge in [0, 0.05) is 23.1 Å². The molecule has 0 bridgehead atoms. The highest BCUT2D eigenvalue weighted by Gasteiger charge is 2.13. The Hall–Kier alpha value is -2.12. The van der Waals surface area contributed by atoms with Gasteiger partial charge in [0.15, 0.2) is 5.16 Å². The van der Waals surface area contributed by atoms with E-state index in [-0.39, 0.29) is 12.0 Å². The van der Waals surface area contributed by atoms with Gasteiger partial charge in [-0.1, -0.05) is 30.0 Å². The molecule has 5 nitrogen and oxygen atoms in total. The van der Waals surface area contributed by atoms with Crippen molar-refractivity contribution in [1.29, 1.82) is 0 Å². The average Bonchev–Trinajstić information content (AvgIpc) is 2.98. The molecule has 2 aromatic heterocycles. The van der Waals surface area contributed by atoms with Gasteiger partial charge >= 0.3 is 5.97 Å². The third-order valence-electron chi connectivity index (χ3n) is 4.01. The zero-order valence-electron chi connectivity index (χ0n) is 14.0. The van der Waals surface area contributed by atoms with Gasteiger partial charge in [0.1, 0.15) is 4.83 Å². The summed E-state index contributed by atoms with van der Waals surface area (Å²) in [6.07, 6.45) is 0.662. The van der Waals surface area contributed by atoms with E-state index >= 15 is 0 Å². The molecule has 0 radical (unpaired) electrons. The van der Waals surface area contributed by atoms with Crippen LogP contribution in [0.1, 0.15) is 24.0 Å². The second-order valence-corrected chi connectivity index (χ2v) is 7.79. The maximum atomic E-state index is 12.6. The van der Waals surface area contributed by atoms with Gasteiger partial charge in [0.2, 0.25) is 0 Å². The van der Waals surface area contributed by atoms with Crippen LogP contribution < -0.4 is 5.56 Å². The Morgan fingerprint density at radius 3 is 2.84 bits per heavy atom. The highest BCUT2D eigenvalue weighted by molar-refractivity contribution is 7.99. The van der Waals surface area contributed by atoms with Crippen molar-refractivity contribution in [3.05, 3.63) is 45.1 Å². The van der Waals surface area contributed by atoms with Crippen LogP contribution in [0.25, 0.3) is 21.3 Å². The minimum atomic E-state index is -0.811. The summed E-state index contributed by atoms with van der Waals surface area (Å²) in [6, 6.07) is 6.17. The number of rotatable bonds is 6. The van der Waals surface area contributed by atoms with Crippen molar-refractivity contribution >= 4 is 39.3 Å². The lowest BCUT2D eigenvalue weighted by molar-refractivity contribution is -0.137. The number of nitrogens with one attached hydrogen (secondary N) is 1. The second kappa shape index (κ2) is 7.41. The van der Waals surface area contributed by atoms with E-state index in [1.165, 1.54) is 34.2 Å². The first kappa shape index (κ1) is 17.7. The number of aromatic amines is 1. The molecule has 0 atom stereocenters. The summed E-state index contributed by atoms with van der Waals surface area (Å²) < 4.78 is 0. The van der Waals surface area contributed by atoms with Crippen LogP contribution in [-0.2, 0) is 4.79 Å². The molecule has 0 aliphatic carbocycles. The number of fused-ring (bicyclic) bond motifs is 1. The largest absolute Gasteiger partial charge is 0.481 e. The van der Waals surface area contributed by atoms with E-state index in [9.17, 15) is 9.59 Å². The lowest BCUT2D eigenvalue weighted by atomic mass is 10.0. The summed E-state index contributed by atoms with van der Waals surface area (Å²) >= 11 is 2.83. The van der Waals surface area contributed by atoms with E-state index in [2.05, 4.69) is 35.9 Å². The first-order valence-electron chi connectivity index (χ1n) is 7.89. The number of carbonyl (C=O) groups is 1. The Balaban J connectivity index is 1.90. The normalized spacial score (nSPS) is 11.1. The van der Waals surface area contributed by atoms with Crippen LogP contribution in [0.5, 0.6) is 0 Å². The summed E-state index contributed by atoms with van der Waals surface area (Å²) in [5.41, 5.74) is 4.17. The molecule has 3 aromatic rings. The number of aromatic nitrogens is 2. The second-order valence-electron chi connectivity index (χ2n) is 5.85. The van der Waals surface area contributed by atoms with Crippen molar-refractivity contribution < 1.29 is 9.90 Å². The monoisotopic (exact) mass is 374 g/mol. The fourth-order valence-electron chi connectivity index (χ4n) is 2.51. The number of carboxylic acid groups (broad SMARTS) is 1. The Morgan fingerprint density at radius 1 is 1.32 bits per heavy atom. The van der Waals surface area contributed by atoms with Crippen molar-refractivity contribution in [1.82, 2.24) is 9.97 Å². The van der Waals surface area contributed by atoms with Gasteiger partial charge in [0.05, 0.1) is 5.39 Å². The molecule has 1 aromatic carbocycles. The van der Waals surface area contributed by atoms with Crippen molar-refractivity contribution in [2.45, 2.75) is 31.8 Å². The SMILES string of the molecule is Cc1ccc(-c2csc3nc(SCCCC(=O)O)[nH]c(=O)c23)cc1C. The lowest BCUT2D eigenvalue weighted by Gasteiger charge is -2.05. The van der Waals surface area contributed by atoms with Crippen LogP contribution in [0, 0.1) is 13.8 Å². The van der Waals surface area contributed by atoms with Crippen LogP contribution in [0.2, 0.25) is 0 Å². The van der Waals surface area contributed by atoms with E-state index in [0.29, 0.717) is 27.5 Å². The van der Waals surface area contributed by atoms with Crippen molar-refractivity contribution in [2.24, 2.45) is 0 Å². The molecule has 0 aliphatic rings. The van der Waals surface area contributed by atoms with E-state index in [1.54, 1.807) is 0 Å². The van der Waals surface area contributed by atoms with Crippen LogP contribution in [0.3, 0.4) is 0 Å². The number of aryl methyl sites for hydroxylation is 2. The average molecular weight is 374 g/mol. The first-order valence-corrected chi connectivity index (χ1v) is 9.76. The number of aliphatic carboxylic acids is 1. The third-order valence-corrected chi connectivity index (χ3v) is 5.85. The van der Waals surface area contributed by atoms with Crippen LogP contribution in [-0.4, -0.2) is 26.8 Å². The molecule has 0 spiro atoms. The zero-order valence-corrected chi connectivity index (χ0v) is 15.6. The predicted molar refractivity (Wildman–Crippen MR) is 103 cm³/mol. The first-order chi connectivity index (χ1) is 12.0. The van der Waals surface area contributed by atoms with E-state index in [4.69, 9.17) is 5.11 Å². The van der Waals surface area contributed by atoms with Gasteiger partial charge in [-0.15, -0.1) is 11.3 Å². The number of benzene rings is 1. The highest BCUT2D eigenvalue weighted by atomic mass is 32.2. The topological polar surface area (TPSA) is 83.0 Å². The van der Waals surface area contributed by atoms with Gasteiger partial charge in [-0.25, -0.2) is 4.98 Å². The number of thiophene rings is 1. The number of hydrogen-bond donors (Lipinski definition) is 2. The number of thioether (sulfide) groups is 1. The van der Waals surface area contributed by atoms with Crippen LogP contribution in [0.15, 0.2) is 33.5 Å². The Bertz CT molecular complexity index is 992. The van der Waals surface area contributed by atoms with Gasteiger partial charge < -0.3 is 10.1 Å². The minimum absolute atomic E-state index is 0.120.